The van der Waals surface area contributed by atoms with Crippen molar-refractivity contribution < 1.29 is 0 Å². The predicted molar refractivity (Wildman–Crippen MR) is 287 cm³/mol. The summed E-state index contributed by atoms with van der Waals surface area (Å²) in [7, 11) is 0. The van der Waals surface area contributed by atoms with Crippen LogP contribution in [0.3, 0.4) is 0 Å². The van der Waals surface area contributed by atoms with Crippen LogP contribution >= 0.6 is 0 Å². The summed E-state index contributed by atoms with van der Waals surface area (Å²) >= 11 is 0. The Morgan fingerprint density at radius 2 is 0.580 bits per heavy atom. The molecule has 0 heterocycles. The number of anilines is 3. The number of hydrogen-bond donors (Lipinski definition) is 0. The summed E-state index contributed by atoms with van der Waals surface area (Å²) in [4.78, 5) is 2.43. The zero-order valence-corrected chi connectivity index (χ0v) is 38.1. The Morgan fingerprint density at radius 1 is 0.217 bits per heavy atom. The standard InChI is InChI=1S/C68H47N/c1-6-21-48(22-7-1)49-37-41-55(42-38-49)69(57-45-46-60-59-31-16-18-34-62(59)68(65(60)47-57,53-27-12-4-13-28-53)54-29-14-5-15-30-54)56-43-39-50(40-44-56)58-33-20-36-64-66(58)61-32-17-19-35-63(61)67(64,51-23-8-2-9-24-51)52-25-10-3-11-26-52/h1-47H. The number of nitrogens with zero attached hydrogens (tertiary/aromatic N) is 1. The van der Waals surface area contributed by atoms with Crippen LogP contribution < -0.4 is 4.90 Å². The van der Waals surface area contributed by atoms with Gasteiger partial charge in [0.2, 0.25) is 0 Å². The smallest absolute Gasteiger partial charge is 0.0714 e. The number of fused-ring (bicyclic) bond motifs is 6. The molecule has 0 aliphatic heterocycles. The topological polar surface area (TPSA) is 3.24 Å². The van der Waals surface area contributed by atoms with Crippen LogP contribution in [0.1, 0.15) is 44.5 Å². The van der Waals surface area contributed by atoms with Gasteiger partial charge in [0.1, 0.15) is 0 Å². The van der Waals surface area contributed by atoms with E-state index in [1.54, 1.807) is 0 Å². The summed E-state index contributed by atoms with van der Waals surface area (Å²) in [5, 5.41) is 0. The third kappa shape index (κ3) is 6.24. The molecule has 0 aromatic heterocycles. The lowest BCUT2D eigenvalue weighted by Crippen LogP contribution is -2.28. The van der Waals surface area contributed by atoms with Crippen LogP contribution in [0.2, 0.25) is 0 Å². The maximum Gasteiger partial charge on any atom is 0.0714 e. The molecule has 0 fully saturated rings. The fourth-order valence-corrected chi connectivity index (χ4v) is 12.0. The molecule has 69 heavy (non-hydrogen) atoms. The minimum atomic E-state index is -0.518. The number of benzene rings is 11. The highest BCUT2D eigenvalue weighted by Gasteiger charge is 2.48. The van der Waals surface area contributed by atoms with Gasteiger partial charge in [0.25, 0.3) is 0 Å². The zero-order chi connectivity index (χ0) is 45.8. The zero-order valence-electron chi connectivity index (χ0n) is 38.1. The Hall–Kier alpha value is -8.78. The van der Waals surface area contributed by atoms with Gasteiger partial charge >= 0.3 is 0 Å². The van der Waals surface area contributed by atoms with Crippen molar-refractivity contribution in [2.45, 2.75) is 10.8 Å². The summed E-state index contributed by atoms with van der Waals surface area (Å²) in [6.45, 7) is 0. The summed E-state index contributed by atoms with van der Waals surface area (Å²) < 4.78 is 0. The van der Waals surface area contributed by atoms with Crippen molar-refractivity contribution in [3.05, 3.63) is 330 Å². The van der Waals surface area contributed by atoms with Crippen LogP contribution in [-0.2, 0) is 10.8 Å². The fourth-order valence-electron chi connectivity index (χ4n) is 12.0. The molecule has 11 aromatic rings. The third-order valence-electron chi connectivity index (χ3n) is 14.9. The molecule has 0 N–H and O–H groups in total. The SMILES string of the molecule is c1ccc(-c2ccc(N(c3ccc(-c4cccc5c4-c4ccccc4C5(c4ccccc4)c4ccccc4)cc3)c3ccc4c(c3)C(c3ccccc3)(c3ccccc3)c3ccccc3-4)cc2)cc1. The van der Waals surface area contributed by atoms with Crippen LogP contribution in [0.15, 0.2) is 285 Å². The molecule has 13 rings (SSSR count). The van der Waals surface area contributed by atoms with Crippen molar-refractivity contribution >= 4 is 17.1 Å². The lowest BCUT2D eigenvalue weighted by molar-refractivity contribution is 0.768. The Kier molecular flexibility index (Phi) is 9.70. The van der Waals surface area contributed by atoms with Crippen molar-refractivity contribution in [2.75, 3.05) is 4.90 Å². The van der Waals surface area contributed by atoms with Crippen LogP contribution in [0, 0.1) is 0 Å². The van der Waals surface area contributed by atoms with Crippen LogP contribution in [0.5, 0.6) is 0 Å². The molecular weight excluding hydrogens is 831 g/mol. The highest BCUT2D eigenvalue weighted by molar-refractivity contribution is 5.96. The molecule has 2 aliphatic rings. The van der Waals surface area contributed by atoms with Crippen molar-refractivity contribution in [1.82, 2.24) is 0 Å². The van der Waals surface area contributed by atoms with Gasteiger partial charge < -0.3 is 4.90 Å². The van der Waals surface area contributed by atoms with E-state index >= 15 is 0 Å². The van der Waals surface area contributed by atoms with E-state index in [0.717, 1.165) is 17.1 Å². The second-order valence-corrected chi connectivity index (χ2v) is 18.3. The van der Waals surface area contributed by atoms with Gasteiger partial charge in [-0.05, 0) is 125 Å². The first kappa shape index (κ1) is 40.5. The molecule has 0 bridgehead atoms. The van der Waals surface area contributed by atoms with Crippen LogP contribution in [-0.4, -0.2) is 0 Å². The summed E-state index contributed by atoms with van der Waals surface area (Å²) in [5.41, 5.74) is 22.4. The van der Waals surface area contributed by atoms with Gasteiger partial charge in [-0.25, -0.2) is 0 Å². The molecular formula is C68H47N. The lowest BCUT2D eigenvalue weighted by Gasteiger charge is -2.35. The van der Waals surface area contributed by atoms with E-state index in [1.807, 2.05) is 0 Å². The predicted octanol–water partition coefficient (Wildman–Crippen LogP) is 17.2. The first-order valence-electron chi connectivity index (χ1n) is 24.0. The molecule has 0 saturated carbocycles. The molecule has 0 amide bonds. The van der Waals surface area contributed by atoms with E-state index in [0.29, 0.717) is 0 Å². The van der Waals surface area contributed by atoms with E-state index in [2.05, 4.69) is 290 Å². The van der Waals surface area contributed by atoms with E-state index in [-0.39, 0.29) is 0 Å². The minimum absolute atomic E-state index is 0.463. The normalized spacial score (nSPS) is 13.4. The second kappa shape index (κ2) is 16.5. The number of rotatable bonds is 9. The van der Waals surface area contributed by atoms with Gasteiger partial charge in [-0.1, -0.05) is 249 Å². The quantitative estimate of drug-likeness (QED) is 0.140. The van der Waals surface area contributed by atoms with Gasteiger partial charge in [0.15, 0.2) is 0 Å². The highest BCUT2D eigenvalue weighted by atomic mass is 15.1. The van der Waals surface area contributed by atoms with E-state index in [9.17, 15) is 0 Å². The minimum Gasteiger partial charge on any atom is -0.310 e. The molecule has 324 valence electrons. The first-order valence-corrected chi connectivity index (χ1v) is 24.0. The average molecular weight is 878 g/mol. The van der Waals surface area contributed by atoms with E-state index in [4.69, 9.17) is 0 Å². The van der Waals surface area contributed by atoms with Crippen LogP contribution in [0.4, 0.5) is 17.1 Å². The van der Waals surface area contributed by atoms with Gasteiger partial charge in [-0.15, -0.1) is 0 Å². The van der Waals surface area contributed by atoms with Gasteiger partial charge in [-0.3, -0.25) is 0 Å². The Balaban J connectivity index is 0.992. The van der Waals surface area contributed by atoms with Crippen molar-refractivity contribution in [2.24, 2.45) is 0 Å². The molecule has 2 aliphatic carbocycles. The maximum absolute atomic E-state index is 2.46. The summed E-state index contributed by atoms with van der Waals surface area (Å²) in [5.74, 6) is 0. The molecule has 0 saturated heterocycles. The molecule has 0 unspecified atom stereocenters. The van der Waals surface area contributed by atoms with Crippen molar-refractivity contribution in [3.63, 3.8) is 0 Å². The monoisotopic (exact) mass is 877 g/mol. The molecule has 0 atom stereocenters. The van der Waals surface area contributed by atoms with Gasteiger partial charge in [-0.2, -0.15) is 0 Å². The molecule has 0 spiro atoms. The highest BCUT2D eigenvalue weighted by Crippen LogP contribution is 2.59. The largest absolute Gasteiger partial charge is 0.310 e. The van der Waals surface area contributed by atoms with Crippen LogP contribution in [0.25, 0.3) is 44.5 Å². The van der Waals surface area contributed by atoms with Gasteiger partial charge in [0.05, 0.1) is 10.8 Å². The van der Waals surface area contributed by atoms with Crippen molar-refractivity contribution in [1.29, 1.82) is 0 Å². The fraction of sp³-hybridized carbons (Fsp3) is 0.0294. The lowest BCUT2D eigenvalue weighted by atomic mass is 9.67. The summed E-state index contributed by atoms with van der Waals surface area (Å²) in [6, 6.07) is 105. The van der Waals surface area contributed by atoms with Gasteiger partial charge in [0, 0.05) is 17.1 Å². The Morgan fingerprint density at radius 3 is 1.12 bits per heavy atom. The first-order chi connectivity index (χ1) is 34.2. The third-order valence-corrected chi connectivity index (χ3v) is 14.9. The average Bonchev–Trinajstić information content (AvgIpc) is 3.91. The molecule has 1 heteroatoms. The summed E-state index contributed by atoms with van der Waals surface area (Å²) in [6.07, 6.45) is 0. The Labute approximate surface area is 404 Å². The maximum atomic E-state index is 2.46. The molecule has 1 nitrogen and oxygen atoms in total. The molecule has 0 radical (unpaired) electrons. The second-order valence-electron chi connectivity index (χ2n) is 18.3. The van der Waals surface area contributed by atoms with E-state index in [1.165, 1.54) is 89.0 Å². The van der Waals surface area contributed by atoms with E-state index < -0.39 is 10.8 Å². The Bertz CT molecular complexity index is 3540. The molecule has 11 aromatic carbocycles. The number of hydrogen-bond acceptors (Lipinski definition) is 1. The van der Waals surface area contributed by atoms with Crippen molar-refractivity contribution in [3.8, 4) is 44.5 Å².